The lowest BCUT2D eigenvalue weighted by Gasteiger charge is -2.22. The van der Waals surface area contributed by atoms with Crippen LogP contribution in [-0.4, -0.2) is 27.3 Å². The molecule has 0 radical (unpaired) electrons. The van der Waals surface area contributed by atoms with Gasteiger partial charge in [0.05, 0.1) is 22.6 Å². The fourth-order valence-electron chi connectivity index (χ4n) is 3.87. The lowest BCUT2D eigenvalue weighted by molar-refractivity contribution is 0.0729. The molecular weight excluding hydrogens is 314 g/mol. The lowest BCUT2D eigenvalue weighted by atomic mass is 10.1. The van der Waals surface area contributed by atoms with E-state index in [-0.39, 0.29) is 11.9 Å². The van der Waals surface area contributed by atoms with Crippen LogP contribution in [0.15, 0.2) is 34.7 Å². The second-order valence-electron chi connectivity index (χ2n) is 7.19. The number of likely N-dealkylation sites (tertiary alicyclic amines) is 1. The number of nitrogens with zero attached hydrogens (tertiary/aromatic N) is 2. The number of hydrogen-bond acceptors (Lipinski definition) is 3. The summed E-state index contributed by atoms with van der Waals surface area (Å²) in [6.45, 7) is 2.66. The van der Waals surface area contributed by atoms with Crippen LogP contribution >= 0.6 is 0 Å². The number of carbonyl (C=O) groups is 1. The Labute approximate surface area is 146 Å². The molecule has 3 aromatic rings. The highest BCUT2D eigenvalue weighted by molar-refractivity contribution is 5.95. The predicted molar refractivity (Wildman–Crippen MR) is 94.5 cm³/mol. The number of hydrogen-bond donors (Lipinski definition) is 1. The van der Waals surface area contributed by atoms with E-state index in [9.17, 15) is 4.79 Å². The zero-order valence-corrected chi connectivity index (χ0v) is 14.3. The Kier molecular flexibility index (Phi) is 3.23. The maximum atomic E-state index is 13.1. The number of H-pyrrole nitrogens is 1. The van der Waals surface area contributed by atoms with Gasteiger partial charge < -0.3 is 14.3 Å². The number of nitrogens with one attached hydrogen (secondary N) is 1. The van der Waals surface area contributed by atoms with E-state index in [1.54, 1.807) is 0 Å². The van der Waals surface area contributed by atoms with Gasteiger partial charge in [0.25, 0.3) is 5.91 Å². The molecule has 1 saturated carbocycles. The quantitative estimate of drug-likeness (QED) is 0.775. The average Bonchev–Trinajstić information content (AvgIpc) is 3.06. The van der Waals surface area contributed by atoms with Crippen molar-refractivity contribution in [3.05, 3.63) is 53.2 Å². The summed E-state index contributed by atoms with van der Waals surface area (Å²) in [6.07, 6.45) is 4.29. The van der Waals surface area contributed by atoms with Crippen molar-refractivity contribution in [2.75, 3.05) is 6.54 Å². The summed E-state index contributed by atoms with van der Waals surface area (Å²) in [5.41, 5.74) is 2.68. The van der Waals surface area contributed by atoms with Crippen LogP contribution in [0.2, 0.25) is 0 Å². The highest BCUT2D eigenvalue weighted by Gasteiger charge is 2.35. The van der Waals surface area contributed by atoms with Gasteiger partial charge in [-0.3, -0.25) is 4.79 Å². The van der Waals surface area contributed by atoms with Crippen LogP contribution in [0.4, 0.5) is 0 Å². The molecule has 0 spiro atoms. The Balaban J connectivity index is 1.46. The smallest absolute Gasteiger partial charge is 0.258 e. The molecule has 0 bridgehead atoms. The number of amides is 1. The Morgan fingerprint density at radius 2 is 2.12 bits per heavy atom. The summed E-state index contributed by atoms with van der Waals surface area (Å²) in [7, 11) is 0. The Morgan fingerprint density at radius 3 is 2.92 bits per heavy atom. The summed E-state index contributed by atoms with van der Waals surface area (Å²) in [5.74, 6) is 3.18. The number of carbonyl (C=O) groups excluding carboxylic acids is 1. The fraction of sp³-hybridized carbons (Fsp3) is 0.400. The number of furan rings is 1. The van der Waals surface area contributed by atoms with Gasteiger partial charge in [-0.15, -0.1) is 0 Å². The Bertz CT molecular complexity index is 918. The van der Waals surface area contributed by atoms with Crippen LogP contribution in [0, 0.1) is 6.92 Å². The van der Waals surface area contributed by atoms with E-state index in [0.717, 1.165) is 47.8 Å². The second-order valence-corrected chi connectivity index (χ2v) is 7.19. The largest absolute Gasteiger partial charge is 0.465 e. The number of fused-ring (bicyclic) bond motifs is 1. The number of aryl methyl sites for hydroxylation is 1. The van der Waals surface area contributed by atoms with Crippen LogP contribution < -0.4 is 0 Å². The third kappa shape index (κ3) is 2.46. The van der Waals surface area contributed by atoms with Crippen molar-refractivity contribution < 1.29 is 9.21 Å². The number of rotatable bonds is 3. The Morgan fingerprint density at radius 1 is 1.28 bits per heavy atom. The van der Waals surface area contributed by atoms with Gasteiger partial charge in [-0.25, -0.2) is 4.98 Å². The molecule has 1 saturated heterocycles. The number of para-hydroxylation sites is 2. The molecule has 1 aliphatic carbocycles. The molecule has 1 atom stereocenters. The molecule has 1 aromatic carbocycles. The van der Waals surface area contributed by atoms with Crippen LogP contribution in [0.1, 0.15) is 65.3 Å². The normalized spacial score (nSPS) is 20.5. The predicted octanol–water partition coefficient (Wildman–Crippen LogP) is 4.32. The molecule has 25 heavy (non-hydrogen) atoms. The van der Waals surface area contributed by atoms with Crippen LogP contribution in [-0.2, 0) is 0 Å². The maximum absolute atomic E-state index is 13.1. The summed E-state index contributed by atoms with van der Waals surface area (Å²) < 4.78 is 5.84. The highest BCUT2D eigenvalue weighted by Crippen LogP contribution is 2.42. The van der Waals surface area contributed by atoms with E-state index in [1.165, 1.54) is 12.8 Å². The number of aromatic nitrogens is 2. The Hall–Kier alpha value is -2.56. The molecule has 5 nitrogen and oxygen atoms in total. The summed E-state index contributed by atoms with van der Waals surface area (Å²) >= 11 is 0. The summed E-state index contributed by atoms with van der Waals surface area (Å²) in [6, 6.07) is 9.98. The SMILES string of the molecule is Cc1oc(C2CC2)cc1C(=O)N1CCC[C@@H]1c1nc2ccccc2[nH]1. The molecule has 1 amide bonds. The molecule has 5 heteroatoms. The topological polar surface area (TPSA) is 62.1 Å². The number of benzene rings is 1. The van der Waals surface area contributed by atoms with E-state index >= 15 is 0 Å². The number of aromatic amines is 1. The first-order valence-electron chi connectivity index (χ1n) is 9.06. The summed E-state index contributed by atoms with van der Waals surface area (Å²) in [4.78, 5) is 23.2. The zero-order chi connectivity index (χ0) is 17.0. The minimum atomic E-state index is 0.0126. The average molecular weight is 335 g/mol. The first-order chi connectivity index (χ1) is 12.2. The third-order valence-corrected chi connectivity index (χ3v) is 5.38. The monoisotopic (exact) mass is 335 g/mol. The van der Waals surface area contributed by atoms with Crippen molar-refractivity contribution in [2.45, 2.75) is 44.6 Å². The number of imidazole rings is 1. The van der Waals surface area contributed by atoms with E-state index in [0.29, 0.717) is 11.5 Å². The van der Waals surface area contributed by atoms with Gasteiger partial charge in [-0.2, -0.15) is 0 Å². The van der Waals surface area contributed by atoms with Crippen LogP contribution in [0.3, 0.4) is 0 Å². The van der Waals surface area contributed by atoms with Gasteiger partial charge in [0.2, 0.25) is 0 Å². The third-order valence-electron chi connectivity index (χ3n) is 5.38. The van der Waals surface area contributed by atoms with Crippen LogP contribution in [0.5, 0.6) is 0 Å². The van der Waals surface area contributed by atoms with Gasteiger partial charge >= 0.3 is 0 Å². The van der Waals surface area contributed by atoms with E-state index in [4.69, 9.17) is 9.40 Å². The van der Waals surface area contributed by atoms with Crippen molar-refractivity contribution >= 4 is 16.9 Å². The van der Waals surface area contributed by atoms with Gasteiger partial charge in [0, 0.05) is 12.5 Å². The molecule has 3 heterocycles. The fourth-order valence-corrected chi connectivity index (χ4v) is 3.87. The molecule has 5 rings (SSSR count). The highest BCUT2D eigenvalue weighted by atomic mass is 16.3. The molecule has 128 valence electrons. The van der Waals surface area contributed by atoms with Crippen molar-refractivity contribution in [1.82, 2.24) is 14.9 Å². The molecule has 0 unspecified atom stereocenters. The van der Waals surface area contributed by atoms with Gasteiger partial charge in [0.15, 0.2) is 0 Å². The minimum Gasteiger partial charge on any atom is -0.465 e. The molecule has 2 aromatic heterocycles. The van der Waals surface area contributed by atoms with Crippen molar-refractivity contribution in [1.29, 1.82) is 0 Å². The van der Waals surface area contributed by atoms with Crippen molar-refractivity contribution in [3.63, 3.8) is 0 Å². The summed E-state index contributed by atoms with van der Waals surface area (Å²) in [5, 5.41) is 0. The first-order valence-corrected chi connectivity index (χ1v) is 9.06. The minimum absolute atomic E-state index is 0.0126. The maximum Gasteiger partial charge on any atom is 0.258 e. The van der Waals surface area contributed by atoms with Gasteiger partial charge in [-0.05, 0) is 50.8 Å². The van der Waals surface area contributed by atoms with Gasteiger partial charge in [0.1, 0.15) is 17.3 Å². The second kappa shape index (κ2) is 5.48. The van der Waals surface area contributed by atoms with Crippen molar-refractivity contribution in [2.24, 2.45) is 0 Å². The van der Waals surface area contributed by atoms with E-state index in [2.05, 4.69) is 4.98 Å². The lowest BCUT2D eigenvalue weighted by Crippen LogP contribution is -2.31. The molecular formula is C20H21N3O2. The van der Waals surface area contributed by atoms with E-state index < -0.39 is 0 Å². The molecule has 1 N–H and O–H groups in total. The van der Waals surface area contributed by atoms with Crippen LogP contribution in [0.25, 0.3) is 11.0 Å². The molecule has 1 aliphatic heterocycles. The standard InChI is InChI=1S/C20H21N3O2/c1-12-14(11-18(25-12)13-8-9-13)20(24)23-10-4-7-17(23)19-21-15-5-2-3-6-16(15)22-19/h2-3,5-6,11,13,17H,4,7-10H2,1H3,(H,21,22)/t17-/m1/s1. The molecule has 2 fully saturated rings. The molecule has 2 aliphatic rings. The first kappa shape index (κ1) is 14.8. The van der Waals surface area contributed by atoms with E-state index in [1.807, 2.05) is 42.2 Å². The van der Waals surface area contributed by atoms with Gasteiger partial charge in [-0.1, -0.05) is 12.1 Å². The van der Waals surface area contributed by atoms with Crippen molar-refractivity contribution in [3.8, 4) is 0 Å². The zero-order valence-electron chi connectivity index (χ0n) is 14.3.